The highest BCUT2D eigenvalue weighted by molar-refractivity contribution is 7.92. The third kappa shape index (κ3) is 5.29. The van der Waals surface area contributed by atoms with Crippen LogP contribution in [0.15, 0.2) is 77.7 Å². The van der Waals surface area contributed by atoms with Crippen molar-refractivity contribution in [2.24, 2.45) is 0 Å². The molecule has 34 heavy (non-hydrogen) atoms. The number of sulfonamides is 1. The summed E-state index contributed by atoms with van der Waals surface area (Å²) in [6.07, 6.45) is -0.0830. The van der Waals surface area contributed by atoms with Crippen LogP contribution in [0.25, 0.3) is 0 Å². The SMILES string of the molecule is CCc1ccc(OCCNC(=O)[C@@H]2CN(S(=O)(=O)c3ccccc3)c3cc(Cl)ccc3O2)cc1. The Morgan fingerprint density at radius 3 is 2.56 bits per heavy atom. The molecule has 0 fully saturated rings. The Labute approximate surface area is 204 Å². The number of nitrogens with one attached hydrogen (secondary N) is 1. The summed E-state index contributed by atoms with van der Waals surface area (Å²) in [6, 6.07) is 20.5. The molecule has 0 bridgehead atoms. The normalized spacial score (nSPS) is 15.2. The van der Waals surface area contributed by atoms with Gasteiger partial charge in [0.2, 0.25) is 0 Å². The molecule has 3 aromatic carbocycles. The highest BCUT2D eigenvalue weighted by atomic mass is 35.5. The molecule has 1 aliphatic rings. The number of fused-ring (bicyclic) bond motifs is 1. The van der Waals surface area contributed by atoms with E-state index < -0.39 is 22.0 Å². The molecule has 0 spiro atoms. The fraction of sp³-hybridized carbons (Fsp3) is 0.240. The minimum atomic E-state index is -3.94. The smallest absolute Gasteiger partial charge is 0.264 e. The molecule has 3 aromatic rings. The van der Waals surface area contributed by atoms with Gasteiger partial charge in [-0.3, -0.25) is 9.10 Å². The molecule has 0 saturated heterocycles. The van der Waals surface area contributed by atoms with Crippen molar-refractivity contribution < 1.29 is 22.7 Å². The molecule has 1 aliphatic heterocycles. The van der Waals surface area contributed by atoms with Crippen LogP contribution in [-0.2, 0) is 21.2 Å². The van der Waals surface area contributed by atoms with E-state index in [4.69, 9.17) is 21.1 Å². The molecule has 0 radical (unpaired) electrons. The minimum Gasteiger partial charge on any atom is -0.492 e. The fourth-order valence-electron chi connectivity index (χ4n) is 3.59. The van der Waals surface area contributed by atoms with Crippen LogP contribution >= 0.6 is 11.6 Å². The summed E-state index contributed by atoms with van der Waals surface area (Å²) in [7, 11) is -3.94. The largest absolute Gasteiger partial charge is 0.492 e. The molecule has 178 valence electrons. The zero-order valence-electron chi connectivity index (χ0n) is 18.6. The lowest BCUT2D eigenvalue weighted by Crippen LogP contribution is -2.51. The van der Waals surface area contributed by atoms with Crippen molar-refractivity contribution in [2.45, 2.75) is 24.3 Å². The summed E-state index contributed by atoms with van der Waals surface area (Å²) < 4.78 is 39.4. The third-order valence-electron chi connectivity index (χ3n) is 5.42. The van der Waals surface area contributed by atoms with Crippen LogP contribution in [0.5, 0.6) is 11.5 Å². The number of anilines is 1. The first-order valence-electron chi connectivity index (χ1n) is 10.9. The summed E-state index contributed by atoms with van der Waals surface area (Å²) in [5, 5.41) is 3.13. The van der Waals surface area contributed by atoms with Crippen LogP contribution in [0.1, 0.15) is 12.5 Å². The first-order valence-corrected chi connectivity index (χ1v) is 12.7. The summed E-state index contributed by atoms with van der Waals surface area (Å²) in [6.45, 7) is 2.41. The standard InChI is InChI=1S/C25H25ClN2O5S/c1-2-18-8-11-20(12-9-18)32-15-14-27-25(29)24-17-28(22-16-19(26)10-13-23(22)33-24)34(30,31)21-6-4-3-5-7-21/h3-13,16,24H,2,14-15,17H2,1H3,(H,27,29)/t24-/m0/s1. The van der Waals surface area contributed by atoms with E-state index in [1.54, 1.807) is 30.3 Å². The Bertz CT molecular complexity index is 1250. The van der Waals surface area contributed by atoms with Gasteiger partial charge in [-0.1, -0.05) is 48.9 Å². The zero-order chi connectivity index (χ0) is 24.1. The number of halogens is 1. The van der Waals surface area contributed by atoms with E-state index in [9.17, 15) is 13.2 Å². The van der Waals surface area contributed by atoms with Gasteiger partial charge in [-0.15, -0.1) is 0 Å². The molecule has 4 rings (SSSR count). The van der Waals surface area contributed by atoms with Crippen LogP contribution in [0.2, 0.25) is 5.02 Å². The van der Waals surface area contributed by atoms with Crippen molar-refractivity contribution in [2.75, 3.05) is 24.0 Å². The number of nitrogens with zero attached hydrogens (tertiary/aromatic N) is 1. The Kier molecular flexibility index (Phi) is 7.29. The predicted octanol–water partition coefficient (Wildman–Crippen LogP) is 4.05. The number of ether oxygens (including phenoxy) is 2. The van der Waals surface area contributed by atoms with Crippen LogP contribution in [0, 0.1) is 0 Å². The van der Waals surface area contributed by atoms with E-state index in [2.05, 4.69) is 12.2 Å². The van der Waals surface area contributed by atoms with Gasteiger partial charge in [-0.25, -0.2) is 8.42 Å². The summed E-state index contributed by atoms with van der Waals surface area (Å²) >= 11 is 6.12. The quantitative estimate of drug-likeness (QED) is 0.471. The molecule has 1 atom stereocenters. The van der Waals surface area contributed by atoms with Crippen molar-refractivity contribution in [3.05, 3.63) is 83.4 Å². The van der Waals surface area contributed by atoms with Gasteiger partial charge in [0.15, 0.2) is 6.10 Å². The maximum absolute atomic E-state index is 13.4. The highest BCUT2D eigenvalue weighted by Gasteiger charge is 2.37. The van der Waals surface area contributed by atoms with Gasteiger partial charge in [-0.05, 0) is 54.4 Å². The molecule has 0 aliphatic carbocycles. The van der Waals surface area contributed by atoms with Crippen LogP contribution in [-0.4, -0.2) is 40.1 Å². The second-order valence-electron chi connectivity index (χ2n) is 7.70. The monoisotopic (exact) mass is 500 g/mol. The van der Waals surface area contributed by atoms with E-state index in [1.165, 1.54) is 28.1 Å². The first-order chi connectivity index (χ1) is 16.4. The average Bonchev–Trinajstić information content (AvgIpc) is 2.86. The summed E-state index contributed by atoms with van der Waals surface area (Å²) in [4.78, 5) is 13.0. The maximum Gasteiger partial charge on any atom is 0.264 e. The molecular weight excluding hydrogens is 476 g/mol. The Morgan fingerprint density at radius 2 is 1.85 bits per heavy atom. The van der Waals surface area contributed by atoms with Gasteiger partial charge in [0.05, 0.1) is 23.7 Å². The molecule has 1 amide bonds. The lowest BCUT2D eigenvalue weighted by molar-refractivity contribution is -0.127. The van der Waals surface area contributed by atoms with Gasteiger partial charge in [0.1, 0.15) is 18.1 Å². The van der Waals surface area contributed by atoms with E-state index in [-0.39, 0.29) is 30.3 Å². The third-order valence-corrected chi connectivity index (χ3v) is 7.44. The Hall–Kier alpha value is -3.23. The second-order valence-corrected chi connectivity index (χ2v) is 10.0. The average molecular weight is 501 g/mol. The molecule has 1 heterocycles. The Morgan fingerprint density at radius 1 is 1.12 bits per heavy atom. The number of hydrogen-bond donors (Lipinski definition) is 1. The molecule has 7 nitrogen and oxygen atoms in total. The van der Waals surface area contributed by atoms with E-state index >= 15 is 0 Å². The van der Waals surface area contributed by atoms with E-state index in [0.29, 0.717) is 16.5 Å². The first kappa shape index (κ1) is 23.9. The lowest BCUT2D eigenvalue weighted by Gasteiger charge is -2.34. The van der Waals surface area contributed by atoms with Gasteiger partial charge < -0.3 is 14.8 Å². The predicted molar refractivity (Wildman–Crippen MR) is 131 cm³/mol. The number of hydrogen-bond acceptors (Lipinski definition) is 5. The Balaban J connectivity index is 1.45. The van der Waals surface area contributed by atoms with Crippen molar-refractivity contribution >= 4 is 33.2 Å². The van der Waals surface area contributed by atoms with Crippen LogP contribution < -0.4 is 19.1 Å². The fourth-order valence-corrected chi connectivity index (χ4v) is 5.24. The van der Waals surface area contributed by atoms with E-state index in [1.807, 2.05) is 24.3 Å². The molecule has 0 unspecified atom stereocenters. The molecule has 0 aromatic heterocycles. The van der Waals surface area contributed by atoms with Crippen molar-refractivity contribution in [3.63, 3.8) is 0 Å². The van der Waals surface area contributed by atoms with Gasteiger partial charge >= 0.3 is 0 Å². The van der Waals surface area contributed by atoms with Crippen molar-refractivity contribution in [1.29, 1.82) is 0 Å². The van der Waals surface area contributed by atoms with Crippen molar-refractivity contribution in [3.8, 4) is 11.5 Å². The summed E-state index contributed by atoms with van der Waals surface area (Å²) in [5.74, 6) is 0.549. The molecule has 0 saturated carbocycles. The van der Waals surface area contributed by atoms with Crippen LogP contribution in [0.3, 0.4) is 0 Å². The molecular formula is C25H25ClN2O5S. The molecule has 1 N–H and O–H groups in total. The lowest BCUT2D eigenvalue weighted by atomic mass is 10.2. The zero-order valence-corrected chi connectivity index (χ0v) is 20.2. The number of carbonyl (C=O) groups excluding carboxylic acids is 1. The summed E-state index contributed by atoms with van der Waals surface area (Å²) in [5.41, 5.74) is 1.51. The number of carbonyl (C=O) groups is 1. The van der Waals surface area contributed by atoms with Crippen molar-refractivity contribution in [1.82, 2.24) is 5.32 Å². The van der Waals surface area contributed by atoms with E-state index in [0.717, 1.165) is 6.42 Å². The number of aryl methyl sites for hydroxylation is 1. The highest BCUT2D eigenvalue weighted by Crippen LogP contribution is 2.38. The van der Waals surface area contributed by atoms with Gasteiger partial charge in [0, 0.05) is 5.02 Å². The second kappa shape index (κ2) is 10.4. The molecule has 9 heteroatoms. The van der Waals surface area contributed by atoms with Crippen LogP contribution in [0.4, 0.5) is 5.69 Å². The van der Waals surface area contributed by atoms with Gasteiger partial charge in [0.25, 0.3) is 15.9 Å². The minimum absolute atomic E-state index is 0.115. The number of amides is 1. The number of rotatable bonds is 8. The topological polar surface area (TPSA) is 84.9 Å². The number of benzene rings is 3. The van der Waals surface area contributed by atoms with Gasteiger partial charge in [-0.2, -0.15) is 0 Å². The maximum atomic E-state index is 13.4.